The molecule has 2 unspecified atom stereocenters. The van der Waals surface area contributed by atoms with Crippen molar-refractivity contribution in [3.05, 3.63) is 27.7 Å². The standard InChI is InChI=1S/C12H15BrClNO2S/c1-8-6-9(2)15(7-8)18(16,17)12-10(13)4-3-5-11(12)14/h3-5,8-9H,6-7H2,1-2H3. The summed E-state index contributed by atoms with van der Waals surface area (Å²) in [5, 5.41) is 0.260. The lowest BCUT2D eigenvalue weighted by Gasteiger charge is -2.22. The molecule has 0 spiro atoms. The highest BCUT2D eigenvalue weighted by atomic mass is 79.9. The van der Waals surface area contributed by atoms with E-state index >= 15 is 0 Å². The Hall–Kier alpha value is -0.100. The summed E-state index contributed by atoms with van der Waals surface area (Å²) in [7, 11) is -3.53. The fourth-order valence-corrected chi connectivity index (χ4v) is 5.88. The number of hydrogen-bond donors (Lipinski definition) is 0. The van der Waals surface area contributed by atoms with Gasteiger partial charge >= 0.3 is 0 Å². The zero-order chi connectivity index (χ0) is 13.5. The molecule has 0 aliphatic carbocycles. The molecule has 3 nitrogen and oxygen atoms in total. The molecule has 6 heteroatoms. The van der Waals surface area contributed by atoms with Crippen molar-refractivity contribution >= 4 is 37.6 Å². The molecular weight excluding hydrogens is 338 g/mol. The Kier molecular flexibility index (Phi) is 4.07. The molecule has 1 heterocycles. The molecule has 1 aliphatic rings. The van der Waals surface area contributed by atoms with E-state index in [1.54, 1.807) is 22.5 Å². The van der Waals surface area contributed by atoms with Gasteiger partial charge in [-0.25, -0.2) is 8.42 Å². The van der Waals surface area contributed by atoms with Gasteiger partial charge in [0.1, 0.15) is 4.90 Å². The minimum atomic E-state index is -3.53. The molecule has 0 bridgehead atoms. The number of rotatable bonds is 2. The molecule has 100 valence electrons. The third kappa shape index (κ3) is 2.46. The molecule has 18 heavy (non-hydrogen) atoms. The second-order valence-electron chi connectivity index (χ2n) is 4.82. The lowest BCUT2D eigenvalue weighted by molar-refractivity contribution is 0.405. The second kappa shape index (κ2) is 5.12. The summed E-state index contributed by atoms with van der Waals surface area (Å²) in [5.74, 6) is 0.385. The lowest BCUT2D eigenvalue weighted by Crippen LogP contribution is -2.34. The number of benzene rings is 1. The summed E-state index contributed by atoms with van der Waals surface area (Å²) in [4.78, 5) is 0.174. The van der Waals surface area contributed by atoms with Gasteiger partial charge in [-0.2, -0.15) is 4.31 Å². The molecular formula is C12H15BrClNO2S. The van der Waals surface area contributed by atoms with E-state index in [4.69, 9.17) is 11.6 Å². The van der Waals surface area contributed by atoms with Gasteiger partial charge in [-0.3, -0.25) is 0 Å². The number of nitrogens with zero attached hydrogens (tertiary/aromatic N) is 1. The van der Waals surface area contributed by atoms with Crippen LogP contribution in [-0.2, 0) is 10.0 Å². The predicted molar refractivity (Wildman–Crippen MR) is 76.3 cm³/mol. The fraction of sp³-hybridized carbons (Fsp3) is 0.500. The third-order valence-electron chi connectivity index (χ3n) is 3.21. The Morgan fingerprint density at radius 2 is 2.06 bits per heavy atom. The van der Waals surface area contributed by atoms with Crippen LogP contribution in [0.25, 0.3) is 0 Å². The molecule has 0 amide bonds. The van der Waals surface area contributed by atoms with E-state index in [0.29, 0.717) is 16.9 Å². The fourth-order valence-electron chi connectivity index (χ4n) is 2.44. The van der Waals surface area contributed by atoms with E-state index in [9.17, 15) is 8.42 Å². The molecule has 1 saturated heterocycles. The highest BCUT2D eigenvalue weighted by Gasteiger charge is 2.37. The van der Waals surface area contributed by atoms with E-state index in [0.717, 1.165) is 6.42 Å². The van der Waals surface area contributed by atoms with Crippen LogP contribution in [0, 0.1) is 5.92 Å². The molecule has 1 aromatic rings. The second-order valence-corrected chi connectivity index (χ2v) is 7.90. The van der Waals surface area contributed by atoms with Crippen LogP contribution in [0.1, 0.15) is 20.3 Å². The van der Waals surface area contributed by atoms with Crippen molar-refractivity contribution in [1.29, 1.82) is 0 Å². The first kappa shape index (κ1) is 14.3. The molecule has 1 aliphatic heterocycles. The zero-order valence-corrected chi connectivity index (χ0v) is 13.4. The van der Waals surface area contributed by atoms with E-state index in [-0.39, 0.29) is 16.0 Å². The summed E-state index contributed by atoms with van der Waals surface area (Å²) in [6, 6.07) is 5.04. The van der Waals surface area contributed by atoms with Crippen molar-refractivity contribution in [1.82, 2.24) is 4.31 Å². The average molecular weight is 353 g/mol. The molecule has 1 aromatic carbocycles. The monoisotopic (exact) mass is 351 g/mol. The maximum absolute atomic E-state index is 12.6. The van der Waals surface area contributed by atoms with Crippen LogP contribution in [0.5, 0.6) is 0 Å². The van der Waals surface area contributed by atoms with E-state index in [1.807, 2.05) is 6.92 Å². The SMILES string of the molecule is CC1CC(C)N(S(=O)(=O)c2c(Cl)cccc2Br)C1. The van der Waals surface area contributed by atoms with Crippen molar-refractivity contribution in [3.63, 3.8) is 0 Å². The summed E-state index contributed by atoms with van der Waals surface area (Å²) in [6.45, 7) is 4.56. The smallest absolute Gasteiger partial charge is 0.207 e. The van der Waals surface area contributed by atoms with Crippen molar-refractivity contribution in [2.24, 2.45) is 5.92 Å². The van der Waals surface area contributed by atoms with Crippen LogP contribution in [0.3, 0.4) is 0 Å². The summed E-state index contributed by atoms with van der Waals surface area (Å²) >= 11 is 9.32. The van der Waals surface area contributed by atoms with Gasteiger partial charge in [-0.1, -0.05) is 24.6 Å². The third-order valence-corrected chi connectivity index (χ3v) is 6.64. The van der Waals surface area contributed by atoms with Gasteiger partial charge in [0.2, 0.25) is 10.0 Å². The Morgan fingerprint density at radius 3 is 2.56 bits per heavy atom. The van der Waals surface area contributed by atoms with Crippen molar-refractivity contribution in [3.8, 4) is 0 Å². The first-order valence-corrected chi connectivity index (χ1v) is 8.41. The zero-order valence-electron chi connectivity index (χ0n) is 10.2. The highest BCUT2D eigenvalue weighted by Crippen LogP contribution is 2.35. The molecule has 0 aromatic heterocycles. The topological polar surface area (TPSA) is 37.4 Å². The maximum Gasteiger partial charge on any atom is 0.245 e. The molecule has 1 fully saturated rings. The van der Waals surface area contributed by atoms with Gasteiger partial charge in [0.05, 0.1) is 5.02 Å². The van der Waals surface area contributed by atoms with Gasteiger partial charge in [0.15, 0.2) is 0 Å². The molecule has 2 atom stereocenters. The quantitative estimate of drug-likeness (QED) is 0.816. The molecule has 2 rings (SSSR count). The number of sulfonamides is 1. The van der Waals surface area contributed by atoms with Crippen LogP contribution >= 0.6 is 27.5 Å². The molecule has 0 saturated carbocycles. The Labute approximate surface area is 121 Å². The van der Waals surface area contributed by atoms with Gasteiger partial charge < -0.3 is 0 Å². The summed E-state index contributed by atoms with van der Waals surface area (Å²) in [6.07, 6.45) is 0.890. The van der Waals surface area contributed by atoms with Gasteiger partial charge in [-0.05, 0) is 47.3 Å². The maximum atomic E-state index is 12.6. The van der Waals surface area contributed by atoms with E-state index < -0.39 is 10.0 Å². The van der Waals surface area contributed by atoms with Crippen LogP contribution in [0.2, 0.25) is 5.02 Å². The lowest BCUT2D eigenvalue weighted by atomic mass is 10.1. The van der Waals surface area contributed by atoms with Crippen molar-refractivity contribution < 1.29 is 8.42 Å². The predicted octanol–water partition coefficient (Wildman–Crippen LogP) is 3.52. The van der Waals surface area contributed by atoms with Crippen molar-refractivity contribution in [2.75, 3.05) is 6.54 Å². The molecule has 0 radical (unpaired) electrons. The summed E-state index contributed by atoms with van der Waals surface area (Å²) < 4.78 is 27.3. The average Bonchev–Trinajstić information content (AvgIpc) is 2.57. The van der Waals surface area contributed by atoms with Gasteiger partial charge in [0, 0.05) is 17.1 Å². The van der Waals surface area contributed by atoms with Crippen molar-refractivity contribution in [2.45, 2.75) is 31.2 Å². The Balaban J connectivity index is 2.49. The Bertz CT molecular complexity index is 541. The normalized spacial score (nSPS) is 25.6. The van der Waals surface area contributed by atoms with Crippen LogP contribution in [0.15, 0.2) is 27.6 Å². The van der Waals surface area contributed by atoms with Crippen LogP contribution < -0.4 is 0 Å². The first-order chi connectivity index (χ1) is 8.34. The van der Waals surface area contributed by atoms with Gasteiger partial charge in [0.25, 0.3) is 0 Å². The highest BCUT2D eigenvalue weighted by molar-refractivity contribution is 9.10. The Morgan fingerprint density at radius 1 is 1.39 bits per heavy atom. The van der Waals surface area contributed by atoms with Gasteiger partial charge in [-0.15, -0.1) is 0 Å². The van der Waals surface area contributed by atoms with Crippen LogP contribution in [-0.4, -0.2) is 25.3 Å². The first-order valence-electron chi connectivity index (χ1n) is 5.80. The minimum Gasteiger partial charge on any atom is -0.207 e. The largest absolute Gasteiger partial charge is 0.245 e. The number of hydrogen-bond acceptors (Lipinski definition) is 2. The molecule has 0 N–H and O–H groups in total. The van der Waals surface area contributed by atoms with E-state index in [1.165, 1.54) is 0 Å². The number of halogens is 2. The van der Waals surface area contributed by atoms with E-state index in [2.05, 4.69) is 22.9 Å². The summed E-state index contributed by atoms with van der Waals surface area (Å²) in [5.41, 5.74) is 0. The van der Waals surface area contributed by atoms with Crippen LogP contribution in [0.4, 0.5) is 0 Å². The minimum absolute atomic E-state index is 0.0215.